The fraction of sp³-hybridized carbons (Fsp3) is 0.533. The van der Waals surface area contributed by atoms with Crippen molar-refractivity contribution in [3.63, 3.8) is 0 Å². The zero-order chi connectivity index (χ0) is 15.5. The van der Waals surface area contributed by atoms with Gasteiger partial charge in [-0.05, 0) is 31.0 Å². The van der Waals surface area contributed by atoms with Crippen molar-refractivity contribution in [3.05, 3.63) is 29.8 Å². The van der Waals surface area contributed by atoms with E-state index >= 15 is 0 Å². The van der Waals surface area contributed by atoms with Crippen LogP contribution in [0.25, 0.3) is 0 Å². The van der Waals surface area contributed by atoms with E-state index in [2.05, 4.69) is 6.92 Å². The summed E-state index contributed by atoms with van der Waals surface area (Å²) in [6.45, 7) is 3.28. The van der Waals surface area contributed by atoms with E-state index in [1.54, 1.807) is 36.2 Å². The molecule has 0 radical (unpaired) electrons. The molecule has 0 bridgehead atoms. The third-order valence-corrected chi connectivity index (χ3v) is 5.54. The second-order valence-corrected chi connectivity index (χ2v) is 7.39. The quantitative estimate of drug-likeness (QED) is 0.837. The highest BCUT2D eigenvalue weighted by molar-refractivity contribution is 7.93. The van der Waals surface area contributed by atoms with Gasteiger partial charge in [-0.15, -0.1) is 0 Å². The molecule has 0 unspecified atom stereocenters. The Morgan fingerprint density at radius 2 is 2.14 bits per heavy atom. The topological polar surface area (TPSA) is 57.7 Å². The molecule has 2 rings (SSSR count). The summed E-state index contributed by atoms with van der Waals surface area (Å²) >= 11 is 0. The molecule has 1 fully saturated rings. The number of nitrogens with zero attached hydrogens (tertiary/aromatic N) is 2. The van der Waals surface area contributed by atoms with Crippen LogP contribution in [0.3, 0.4) is 0 Å². The fourth-order valence-corrected chi connectivity index (χ4v) is 4.00. The predicted octanol–water partition coefficient (Wildman–Crippen LogP) is 2.10. The predicted molar refractivity (Wildman–Crippen MR) is 84.1 cm³/mol. The summed E-state index contributed by atoms with van der Waals surface area (Å²) in [5, 5.41) is 0. The molecule has 0 aromatic heterocycles. The van der Waals surface area contributed by atoms with Crippen LogP contribution in [0.2, 0.25) is 0 Å². The molecular weight excluding hydrogens is 288 g/mol. The Labute approximate surface area is 126 Å². The van der Waals surface area contributed by atoms with Gasteiger partial charge < -0.3 is 4.90 Å². The molecule has 0 aliphatic carbocycles. The van der Waals surface area contributed by atoms with Gasteiger partial charge in [0.1, 0.15) is 0 Å². The van der Waals surface area contributed by atoms with Gasteiger partial charge in [0, 0.05) is 25.7 Å². The summed E-state index contributed by atoms with van der Waals surface area (Å²) in [7, 11) is -1.43. The summed E-state index contributed by atoms with van der Waals surface area (Å²) in [6.07, 6.45) is 2.63. The number of benzene rings is 1. The van der Waals surface area contributed by atoms with Gasteiger partial charge >= 0.3 is 0 Å². The number of hydrogen-bond donors (Lipinski definition) is 0. The molecule has 1 aromatic carbocycles. The van der Waals surface area contributed by atoms with E-state index < -0.39 is 10.0 Å². The van der Waals surface area contributed by atoms with E-state index in [-0.39, 0.29) is 11.7 Å². The molecule has 0 saturated carbocycles. The monoisotopic (exact) mass is 310 g/mol. The van der Waals surface area contributed by atoms with Crippen molar-refractivity contribution >= 4 is 21.6 Å². The highest BCUT2D eigenvalue weighted by Crippen LogP contribution is 2.25. The first-order valence-corrected chi connectivity index (χ1v) is 8.92. The average Bonchev–Trinajstić information content (AvgIpc) is 2.83. The van der Waals surface area contributed by atoms with Gasteiger partial charge in [0.25, 0.3) is 5.91 Å². The minimum atomic E-state index is -3.21. The van der Waals surface area contributed by atoms with Gasteiger partial charge in [0.15, 0.2) is 0 Å². The van der Waals surface area contributed by atoms with Crippen molar-refractivity contribution in [1.82, 2.24) is 4.90 Å². The summed E-state index contributed by atoms with van der Waals surface area (Å²) in [5.74, 6) is 0.114. The smallest absolute Gasteiger partial charge is 0.253 e. The number of hydrogen-bond acceptors (Lipinski definition) is 3. The van der Waals surface area contributed by atoms with Crippen LogP contribution in [0.15, 0.2) is 24.3 Å². The first kappa shape index (κ1) is 15.8. The van der Waals surface area contributed by atoms with Gasteiger partial charge in [-0.3, -0.25) is 9.10 Å². The Hall–Kier alpha value is -1.56. The number of anilines is 1. The molecule has 0 spiro atoms. The van der Waals surface area contributed by atoms with Gasteiger partial charge in [0.2, 0.25) is 10.0 Å². The van der Waals surface area contributed by atoms with Crippen LogP contribution in [0.1, 0.15) is 36.5 Å². The Morgan fingerprint density at radius 3 is 2.76 bits per heavy atom. The lowest BCUT2D eigenvalue weighted by molar-refractivity contribution is 0.0793. The van der Waals surface area contributed by atoms with E-state index in [0.29, 0.717) is 30.8 Å². The van der Waals surface area contributed by atoms with Gasteiger partial charge in [-0.25, -0.2) is 8.42 Å². The summed E-state index contributed by atoms with van der Waals surface area (Å²) in [5.41, 5.74) is 1.12. The maximum Gasteiger partial charge on any atom is 0.253 e. The molecule has 21 heavy (non-hydrogen) atoms. The fourth-order valence-electron chi connectivity index (χ4n) is 2.44. The lowest BCUT2D eigenvalue weighted by atomic mass is 10.1. The second kappa shape index (κ2) is 6.47. The average molecular weight is 310 g/mol. The zero-order valence-electron chi connectivity index (χ0n) is 12.6. The Bertz CT molecular complexity index is 613. The summed E-state index contributed by atoms with van der Waals surface area (Å²) in [6, 6.07) is 6.89. The first-order chi connectivity index (χ1) is 9.95. The van der Waals surface area contributed by atoms with Crippen molar-refractivity contribution in [1.29, 1.82) is 0 Å². The van der Waals surface area contributed by atoms with E-state index in [9.17, 15) is 13.2 Å². The number of unbranched alkanes of at least 4 members (excludes halogenated alkanes) is 1. The zero-order valence-corrected chi connectivity index (χ0v) is 13.4. The van der Waals surface area contributed by atoms with Crippen molar-refractivity contribution < 1.29 is 13.2 Å². The lowest BCUT2D eigenvalue weighted by Crippen LogP contribution is -2.28. The largest absolute Gasteiger partial charge is 0.342 e. The van der Waals surface area contributed by atoms with Crippen LogP contribution in [-0.4, -0.2) is 45.1 Å². The number of carbonyl (C=O) groups is 1. The third-order valence-electron chi connectivity index (χ3n) is 3.67. The molecule has 1 aliphatic rings. The Balaban J connectivity index is 2.20. The standard InChI is InChI=1S/C15H22N2O3S/c1-3-4-9-16(2)15(18)13-7-5-8-14(12-13)17-10-6-11-21(17,19)20/h5,7-8,12H,3-4,6,9-11H2,1-2H3. The van der Waals surface area contributed by atoms with Crippen LogP contribution < -0.4 is 4.31 Å². The highest BCUT2D eigenvalue weighted by Gasteiger charge is 2.28. The molecule has 5 nitrogen and oxygen atoms in total. The molecule has 6 heteroatoms. The lowest BCUT2D eigenvalue weighted by Gasteiger charge is -2.20. The van der Waals surface area contributed by atoms with Crippen molar-refractivity contribution in [2.24, 2.45) is 0 Å². The van der Waals surface area contributed by atoms with Gasteiger partial charge in [0.05, 0.1) is 11.4 Å². The summed E-state index contributed by atoms with van der Waals surface area (Å²) < 4.78 is 25.3. The van der Waals surface area contributed by atoms with Gasteiger partial charge in [-0.1, -0.05) is 19.4 Å². The molecule has 1 aromatic rings. The van der Waals surface area contributed by atoms with Crippen LogP contribution in [0.4, 0.5) is 5.69 Å². The minimum absolute atomic E-state index is 0.0677. The van der Waals surface area contributed by atoms with Crippen LogP contribution in [0, 0.1) is 0 Å². The first-order valence-electron chi connectivity index (χ1n) is 7.31. The van der Waals surface area contributed by atoms with E-state index in [1.807, 2.05) is 0 Å². The van der Waals surface area contributed by atoms with E-state index in [0.717, 1.165) is 12.8 Å². The molecule has 0 N–H and O–H groups in total. The van der Waals surface area contributed by atoms with Crippen molar-refractivity contribution in [2.75, 3.05) is 30.2 Å². The maximum atomic E-state index is 12.3. The van der Waals surface area contributed by atoms with Crippen molar-refractivity contribution in [2.45, 2.75) is 26.2 Å². The number of rotatable bonds is 5. The maximum absolute atomic E-state index is 12.3. The third kappa shape index (κ3) is 3.56. The highest BCUT2D eigenvalue weighted by atomic mass is 32.2. The summed E-state index contributed by atoms with van der Waals surface area (Å²) in [4.78, 5) is 14.0. The Kier molecular flexibility index (Phi) is 4.88. The molecule has 1 saturated heterocycles. The molecule has 0 atom stereocenters. The van der Waals surface area contributed by atoms with E-state index in [1.165, 1.54) is 4.31 Å². The number of sulfonamides is 1. The minimum Gasteiger partial charge on any atom is -0.342 e. The molecular formula is C15H22N2O3S. The number of amides is 1. The molecule has 1 amide bonds. The van der Waals surface area contributed by atoms with Crippen LogP contribution in [-0.2, 0) is 10.0 Å². The normalized spacial score (nSPS) is 17.0. The Morgan fingerprint density at radius 1 is 1.38 bits per heavy atom. The van der Waals surface area contributed by atoms with Crippen LogP contribution >= 0.6 is 0 Å². The van der Waals surface area contributed by atoms with Crippen LogP contribution in [0.5, 0.6) is 0 Å². The molecule has 1 heterocycles. The molecule has 116 valence electrons. The number of carbonyl (C=O) groups excluding carboxylic acids is 1. The SMILES string of the molecule is CCCCN(C)C(=O)c1cccc(N2CCCS2(=O)=O)c1. The van der Waals surface area contributed by atoms with E-state index in [4.69, 9.17) is 0 Å². The second-order valence-electron chi connectivity index (χ2n) is 5.37. The van der Waals surface area contributed by atoms with Crippen molar-refractivity contribution in [3.8, 4) is 0 Å². The molecule has 1 aliphatic heterocycles. The van der Waals surface area contributed by atoms with Gasteiger partial charge in [-0.2, -0.15) is 0 Å².